The largest absolute Gasteiger partial charge is 0.370 e. The number of anilines is 1. The molecule has 3 rings (SSSR count). The lowest BCUT2D eigenvalue weighted by Crippen LogP contribution is -2.14. The van der Waals surface area contributed by atoms with E-state index in [0.29, 0.717) is 0 Å². The molecule has 0 radical (unpaired) electrons. The molecule has 3 nitrogen and oxygen atoms in total. The fourth-order valence-electron chi connectivity index (χ4n) is 2.04. The molecular weight excluding hydrogens is 266 g/mol. The highest BCUT2D eigenvalue weighted by Gasteiger charge is 2.15. The molecule has 82 valence electrons. The van der Waals surface area contributed by atoms with Crippen LogP contribution in [0.2, 0.25) is 0 Å². The second kappa shape index (κ2) is 3.94. The monoisotopic (exact) mass is 277 g/mol. The van der Waals surface area contributed by atoms with E-state index < -0.39 is 0 Å². The number of halogens is 1. The molecule has 0 spiro atoms. The smallest absolute Gasteiger partial charge is 0.132 e. The molecule has 1 aliphatic rings. The van der Waals surface area contributed by atoms with Gasteiger partial charge >= 0.3 is 0 Å². The van der Waals surface area contributed by atoms with Crippen LogP contribution in [0.25, 0.3) is 5.69 Å². The third-order valence-corrected chi connectivity index (χ3v) is 3.31. The summed E-state index contributed by atoms with van der Waals surface area (Å²) < 4.78 is 3.05. The van der Waals surface area contributed by atoms with Crippen molar-refractivity contribution in [2.75, 3.05) is 11.9 Å². The third-order valence-electron chi connectivity index (χ3n) is 2.81. The van der Waals surface area contributed by atoms with Gasteiger partial charge in [0, 0.05) is 16.6 Å². The lowest BCUT2D eigenvalue weighted by atomic mass is 10.1. The first-order chi connectivity index (χ1) is 7.84. The standard InChI is InChI=1S/C12H12BrN3/c13-10-4-1-5-11(7-10)16-12-9(8-15-16)3-2-6-14-12/h1,4-5,7-8,14H,2-3,6H2. The average Bonchev–Trinajstić information content (AvgIpc) is 2.72. The summed E-state index contributed by atoms with van der Waals surface area (Å²) in [6.07, 6.45) is 4.27. The summed E-state index contributed by atoms with van der Waals surface area (Å²) in [6.45, 7) is 1.03. The molecule has 1 aromatic carbocycles. The number of hydrogen-bond donors (Lipinski definition) is 1. The topological polar surface area (TPSA) is 29.9 Å². The highest BCUT2D eigenvalue weighted by atomic mass is 79.9. The van der Waals surface area contributed by atoms with Gasteiger partial charge in [-0.15, -0.1) is 0 Å². The summed E-state index contributed by atoms with van der Waals surface area (Å²) in [5.41, 5.74) is 2.40. The zero-order valence-electron chi connectivity index (χ0n) is 8.78. The Hall–Kier alpha value is -1.29. The quantitative estimate of drug-likeness (QED) is 0.869. The molecule has 2 aromatic rings. The second-order valence-corrected chi connectivity index (χ2v) is 4.86. The van der Waals surface area contributed by atoms with Crippen molar-refractivity contribution in [3.63, 3.8) is 0 Å². The molecule has 0 saturated carbocycles. The highest BCUT2D eigenvalue weighted by molar-refractivity contribution is 9.10. The van der Waals surface area contributed by atoms with Crippen LogP contribution in [0.15, 0.2) is 34.9 Å². The van der Waals surface area contributed by atoms with Crippen molar-refractivity contribution in [1.29, 1.82) is 0 Å². The van der Waals surface area contributed by atoms with E-state index in [0.717, 1.165) is 28.9 Å². The Balaban J connectivity index is 2.09. The van der Waals surface area contributed by atoms with E-state index in [2.05, 4.69) is 38.5 Å². The average molecular weight is 278 g/mol. The van der Waals surface area contributed by atoms with Crippen LogP contribution < -0.4 is 5.32 Å². The molecule has 4 heteroatoms. The van der Waals surface area contributed by atoms with Crippen LogP contribution in [0.3, 0.4) is 0 Å². The minimum atomic E-state index is 1.03. The van der Waals surface area contributed by atoms with Crippen molar-refractivity contribution < 1.29 is 0 Å². The van der Waals surface area contributed by atoms with Gasteiger partial charge in [-0.2, -0.15) is 5.10 Å². The molecule has 0 saturated heterocycles. The predicted octanol–water partition coefficient (Wildman–Crippen LogP) is 2.99. The zero-order chi connectivity index (χ0) is 11.0. The van der Waals surface area contributed by atoms with Crippen LogP contribution in [-0.4, -0.2) is 16.3 Å². The van der Waals surface area contributed by atoms with Gasteiger partial charge in [0.2, 0.25) is 0 Å². The fourth-order valence-corrected chi connectivity index (χ4v) is 2.43. The number of rotatable bonds is 1. The molecule has 0 amide bonds. The van der Waals surface area contributed by atoms with E-state index in [4.69, 9.17) is 0 Å². The summed E-state index contributed by atoms with van der Waals surface area (Å²) in [4.78, 5) is 0. The Bertz CT molecular complexity index is 519. The van der Waals surface area contributed by atoms with Crippen LogP contribution in [0.5, 0.6) is 0 Å². The van der Waals surface area contributed by atoms with Gasteiger partial charge in [-0.25, -0.2) is 4.68 Å². The van der Waals surface area contributed by atoms with Crippen molar-refractivity contribution in [2.45, 2.75) is 12.8 Å². The number of aryl methyl sites for hydroxylation is 1. The summed E-state index contributed by atoms with van der Waals surface area (Å²) in [5, 5.41) is 7.86. The van der Waals surface area contributed by atoms with Crippen LogP contribution in [0, 0.1) is 0 Å². The summed E-state index contributed by atoms with van der Waals surface area (Å²) in [5.74, 6) is 1.14. The lowest BCUT2D eigenvalue weighted by molar-refractivity contribution is 0.805. The van der Waals surface area contributed by atoms with Gasteiger partial charge in [0.05, 0.1) is 11.9 Å². The van der Waals surface area contributed by atoms with Gasteiger partial charge in [-0.3, -0.25) is 0 Å². The highest BCUT2D eigenvalue weighted by Crippen LogP contribution is 2.25. The van der Waals surface area contributed by atoms with Gasteiger partial charge in [0.15, 0.2) is 0 Å². The molecule has 16 heavy (non-hydrogen) atoms. The number of fused-ring (bicyclic) bond motifs is 1. The Labute approximate surface area is 103 Å². The van der Waals surface area contributed by atoms with Crippen LogP contribution in [0.4, 0.5) is 5.82 Å². The Morgan fingerprint density at radius 3 is 3.19 bits per heavy atom. The SMILES string of the molecule is Brc1cccc(-n2ncc3c2NCCC3)c1. The maximum atomic E-state index is 4.44. The van der Waals surface area contributed by atoms with Crippen molar-refractivity contribution >= 4 is 21.7 Å². The maximum Gasteiger partial charge on any atom is 0.132 e. The molecule has 0 bridgehead atoms. The first-order valence-electron chi connectivity index (χ1n) is 5.41. The number of aromatic nitrogens is 2. The molecule has 0 atom stereocenters. The van der Waals surface area contributed by atoms with Gasteiger partial charge in [-0.1, -0.05) is 22.0 Å². The van der Waals surface area contributed by atoms with Gasteiger partial charge < -0.3 is 5.32 Å². The number of nitrogens with zero attached hydrogens (tertiary/aromatic N) is 2. The van der Waals surface area contributed by atoms with Crippen LogP contribution in [0.1, 0.15) is 12.0 Å². The first kappa shape index (κ1) is 9.90. The normalized spacial score (nSPS) is 14.3. The molecule has 0 aliphatic carbocycles. The summed E-state index contributed by atoms with van der Waals surface area (Å²) in [6, 6.07) is 8.18. The Morgan fingerprint density at radius 2 is 2.31 bits per heavy atom. The molecule has 2 heterocycles. The van der Waals surface area contributed by atoms with E-state index in [9.17, 15) is 0 Å². The fraction of sp³-hybridized carbons (Fsp3) is 0.250. The minimum Gasteiger partial charge on any atom is -0.370 e. The Morgan fingerprint density at radius 1 is 1.38 bits per heavy atom. The van der Waals surface area contributed by atoms with Gasteiger partial charge in [0.25, 0.3) is 0 Å². The Kier molecular flexibility index (Phi) is 2.44. The minimum absolute atomic E-state index is 1.03. The van der Waals surface area contributed by atoms with Crippen molar-refractivity contribution in [3.8, 4) is 5.69 Å². The molecule has 0 fully saturated rings. The molecule has 1 aromatic heterocycles. The van der Waals surface area contributed by atoms with Gasteiger partial charge in [-0.05, 0) is 31.0 Å². The second-order valence-electron chi connectivity index (χ2n) is 3.94. The van der Waals surface area contributed by atoms with E-state index in [1.165, 1.54) is 12.0 Å². The predicted molar refractivity (Wildman–Crippen MR) is 68.1 cm³/mol. The molecule has 0 unspecified atom stereocenters. The summed E-state index contributed by atoms with van der Waals surface area (Å²) >= 11 is 3.48. The van der Waals surface area contributed by atoms with Crippen molar-refractivity contribution in [2.24, 2.45) is 0 Å². The van der Waals surface area contributed by atoms with Gasteiger partial charge in [0.1, 0.15) is 5.82 Å². The number of nitrogens with one attached hydrogen (secondary N) is 1. The van der Waals surface area contributed by atoms with Crippen LogP contribution >= 0.6 is 15.9 Å². The van der Waals surface area contributed by atoms with Crippen molar-refractivity contribution in [1.82, 2.24) is 9.78 Å². The van der Waals surface area contributed by atoms with E-state index in [1.807, 2.05) is 23.0 Å². The zero-order valence-corrected chi connectivity index (χ0v) is 10.4. The molecule has 1 N–H and O–H groups in total. The van der Waals surface area contributed by atoms with Crippen LogP contribution in [-0.2, 0) is 6.42 Å². The lowest BCUT2D eigenvalue weighted by Gasteiger charge is -2.16. The maximum absolute atomic E-state index is 4.44. The van der Waals surface area contributed by atoms with E-state index in [1.54, 1.807) is 0 Å². The summed E-state index contributed by atoms with van der Waals surface area (Å²) in [7, 11) is 0. The molecule has 1 aliphatic heterocycles. The number of benzene rings is 1. The molecular formula is C12H12BrN3. The number of hydrogen-bond acceptors (Lipinski definition) is 2. The van der Waals surface area contributed by atoms with E-state index in [-0.39, 0.29) is 0 Å². The first-order valence-corrected chi connectivity index (χ1v) is 6.20. The third kappa shape index (κ3) is 1.63. The van der Waals surface area contributed by atoms with E-state index >= 15 is 0 Å². The van der Waals surface area contributed by atoms with Crippen molar-refractivity contribution in [3.05, 3.63) is 40.5 Å².